The van der Waals surface area contributed by atoms with Gasteiger partial charge in [0.2, 0.25) is 0 Å². The van der Waals surface area contributed by atoms with Crippen LogP contribution < -0.4 is 0 Å². The van der Waals surface area contributed by atoms with Gasteiger partial charge in [0.15, 0.2) is 0 Å². The van der Waals surface area contributed by atoms with Gasteiger partial charge in [-0.15, -0.1) is 11.3 Å². The largest absolute Gasteiger partial charge is 0.392 e. The van der Waals surface area contributed by atoms with Crippen molar-refractivity contribution in [3.05, 3.63) is 65.2 Å². The second kappa shape index (κ2) is 6.89. The van der Waals surface area contributed by atoms with Crippen molar-refractivity contribution in [1.82, 2.24) is 14.7 Å². The van der Waals surface area contributed by atoms with Crippen LogP contribution in [0.2, 0.25) is 0 Å². The van der Waals surface area contributed by atoms with Crippen molar-refractivity contribution in [2.24, 2.45) is 0 Å². The minimum atomic E-state index is -0.186. The average Bonchev–Trinajstić information content (AvgIpc) is 3.30. The van der Waals surface area contributed by atoms with Crippen LogP contribution in [0, 0.1) is 0 Å². The first kappa shape index (κ1) is 15.6. The van der Waals surface area contributed by atoms with Gasteiger partial charge in [0.1, 0.15) is 5.69 Å². The van der Waals surface area contributed by atoms with E-state index >= 15 is 0 Å². The predicted molar refractivity (Wildman–Crippen MR) is 97.0 cm³/mol. The second-order valence-electron chi connectivity index (χ2n) is 6.34. The predicted octanol–water partition coefficient (Wildman–Crippen LogP) is 3.23. The number of thiophene rings is 1. The van der Waals surface area contributed by atoms with Crippen molar-refractivity contribution in [2.45, 2.75) is 25.6 Å². The Morgan fingerprint density at radius 3 is 2.71 bits per heavy atom. The van der Waals surface area contributed by atoms with Gasteiger partial charge in [0.25, 0.3) is 0 Å². The summed E-state index contributed by atoms with van der Waals surface area (Å²) >= 11 is 1.72. The van der Waals surface area contributed by atoms with Crippen molar-refractivity contribution < 1.29 is 5.11 Å². The lowest BCUT2D eigenvalue weighted by molar-refractivity contribution is 0.175. The van der Waals surface area contributed by atoms with Crippen molar-refractivity contribution in [3.8, 4) is 10.6 Å². The van der Waals surface area contributed by atoms with Gasteiger partial charge in [-0.1, -0.05) is 36.4 Å². The topological polar surface area (TPSA) is 41.3 Å². The van der Waals surface area contributed by atoms with E-state index in [9.17, 15) is 5.11 Å². The van der Waals surface area contributed by atoms with Crippen LogP contribution in [-0.4, -0.2) is 39.0 Å². The monoisotopic (exact) mass is 339 g/mol. The van der Waals surface area contributed by atoms with Crippen molar-refractivity contribution in [3.63, 3.8) is 0 Å². The van der Waals surface area contributed by atoms with E-state index in [4.69, 9.17) is 5.10 Å². The van der Waals surface area contributed by atoms with Crippen LogP contribution in [0.1, 0.15) is 17.5 Å². The van der Waals surface area contributed by atoms with Crippen molar-refractivity contribution >= 4 is 11.3 Å². The molecule has 1 aliphatic rings. The molecule has 0 unspecified atom stereocenters. The summed E-state index contributed by atoms with van der Waals surface area (Å²) in [7, 11) is 0. The molecule has 4 rings (SSSR count). The molecule has 4 nitrogen and oxygen atoms in total. The van der Waals surface area contributed by atoms with E-state index in [1.165, 1.54) is 16.0 Å². The van der Waals surface area contributed by atoms with E-state index in [1.807, 2.05) is 10.7 Å². The van der Waals surface area contributed by atoms with Crippen LogP contribution in [0.15, 0.2) is 54.0 Å². The number of rotatable bonds is 5. The fourth-order valence-electron chi connectivity index (χ4n) is 3.25. The van der Waals surface area contributed by atoms with Crippen molar-refractivity contribution in [1.29, 1.82) is 0 Å². The summed E-state index contributed by atoms with van der Waals surface area (Å²) in [4.78, 5) is 3.52. The molecule has 1 atom stereocenters. The van der Waals surface area contributed by atoms with E-state index in [-0.39, 0.29) is 6.10 Å². The number of benzene rings is 1. The van der Waals surface area contributed by atoms with Gasteiger partial charge >= 0.3 is 0 Å². The highest BCUT2D eigenvalue weighted by Crippen LogP contribution is 2.28. The van der Waals surface area contributed by atoms with E-state index in [1.54, 1.807) is 11.3 Å². The fraction of sp³-hybridized carbons (Fsp3) is 0.316. The second-order valence-corrected chi connectivity index (χ2v) is 7.29. The molecule has 1 fully saturated rings. The maximum Gasteiger partial charge on any atom is 0.107 e. The Morgan fingerprint density at radius 2 is 2.00 bits per heavy atom. The zero-order valence-corrected chi connectivity index (χ0v) is 14.3. The van der Waals surface area contributed by atoms with E-state index < -0.39 is 0 Å². The Labute approximate surface area is 146 Å². The van der Waals surface area contributed by atoms with Crippen molar-refractivity contribution in [2.75, 3.05) is 13.1 Å². The summed E-state index contributed by atoms with van der Waals surface area (Å²) in [5.41, 5.74) is 3.56. The summed E-state index contributed by atoms with van der Waals surface area (Å²) < 4.78 is 2.03. The van der Waals surface area contributed by atoms with E-state index in [0.717, 1.165) is 38.3 Å². The first-order valence-electron chi connectivity index (χ1n) is 8.32. The number of aromatic nitrogens is 2. The number of nitrogens with zero attached hydrogens (tertiary/aromatic N) is 3. The Kier molecular flexibility index (Phi) is 4.47. The van der Waals surface area contributed by atoms with Gasteiger partial charge in [-0.25, -0.2) is 0 Å². The Bertz CT molecular complexity index is 782. The standard InChI is InChI=1S/C19H21N3OS/c23-17-8-9-21(14-17)12-16-13-22(11-15-5-2-1-3-6-15)20-19(16)18-7-4-10-24-18/h1-7,10,13,17,23H,8-9,11-12,14H2/t17-/m1/s1. The highest BCUT2D eigenvalue weighted by Gasteiger charge is 2.22. The first-order valence-corrected chi connectivity index (χ1v) is 9.20. The molecule has 0 aliphatic carbocycles. The van der Waals surface area contributed by atoms with Crippen LogP contribution in [0.3, 0.4) is 0 Å². The Balaban J connectivity index is 1.61. The highest BCUT2D eigenvalue weighted by atomic mass is 32.1. The third kappa shape index (κ3) is 3.43. The minimum absolute atomic E-state index is 0.186. The molecule has 2 aromatic heterocycles. The van der Waals surface area contributed by atoms with Gasteiger partial charge in [0.05, 0.1) is 17.5 Å². The Hall–Kier alpha value is -1.95. The summed E-state index contributed by atoms with van der Waals surface area (Å²) in [5, 5.41) is 16.7. The molecule has 24 heavy (non-hydrogen) atoms. The van der Waals surface area contributed by atoms with Crippen LogP contribution in [0.25, 0.3) is 10.6 Å². The molecule has 1 aromatic carbocycles. The molecule has 3 heterocycles. The molecule has 0 amide bonds. The Morgan fingerprint density at radius 1 is 1.12 bits per heavy atom. The van der Waals surface area contributed by atoms with Crippen LogP contribution in [0.5, 0.6) is 0 Å². The SMILES string of the molecule is O[C@@H]1CCN(Cc2cn(Cc3ccccc3)nc2-c2cccs2)C1. The normalized spacial score (nSPS) is 18.3. The van der Waals surface area contributed by atoms with Gasteiger partial charge in [0, 0.05) is 31.4 Å². The van der Waals surface area contributed by atoms with Crippen LogP contribution in [0.4, 0.5) is 0 Å². The number of aliphatic hydroxyl groups is 1. The maximum atomic E-state index is 9.77. The van der Waals surface area contributed by atoms with Gasteiger partial charge in [-0.05, 0) is 23.4 Å². The lowest BCUT2D eigenvalue weighted by atomic mass is 10.2. The molecule has 0 spiro atoms. The molecular weight excluding hydrogens is 318 g/mol. The molecule has 1 N–H and O–H groups in total. The molecule has 5 heteroatoms. The van der Waals surface area contributed by atoms with Gasteiger partial charge < -0.3 is 5.11 Å². The van der Waals surface area contributed by atoms with E-state index in [2.05, 4.69) is 52.9 Å². The van der Waals surface area contributed by atoms with Crippen LogP contribution in [-0.2, 0) is 13.1 Å². The average molecular weight is 339 g/mol. The fourth-order valence-corrected chi connectivity index (χ4v) is 3.99. The first-order chi connectivity index (χ1) is 11.8. The highest BCUT2D eigenvalue weighted by molar-refractivity contribution is 7.13. The molecular formula is C19H21N3OS. The zero-order chi connectivity index (χ0) is 16.4. The number of β-amino-alcohol motifs (C(OH)–C–C–N with tert-alkyl or cyclic N) is 1. The molecule has 3 aromatic rings. The summed E-state index contributed by atoms with van der Waals surface area (Å²) in [5.74, 6) is 0. The number of hydrogen-bond acceptors (Lipinski definition) is 4. The summed E-state index contributed by atoms with van der Waals surface area (Å²) in [6.07, 6.45) is 2.84. The number of aliphatic hydroxyl groups excluding tert-OH is 1. The van der Waals surface area contributed by atoms with Gasteiger partial charge in [-0.3, -0.25) is 9.58 Å². The molecule has 124 valence electrons. The molecule has 0 radical (unpaired) electrons. The lowest BCUT2D eigenvalue weighted by Crippen LogP contribution is -2.21. The third-order valence-electron chi connectivity index (χ3n) is 4.42. The van der Waals surface area contributed by atoms with Crippen LogP contribution >= 0.6 is 11.3 Å². The maximum absolute atomic E-state index is 9.77. The summed E-state index contributed by atoms with van der Waals surface area (Å²) in [6.45, 7) is 3.34. The van der Waals surface area contributed by atoms with E-state index in [0.29, 0.717) is 0 Å². The lowest BCUT2D eigenvalue weighted by Gasteiger charge is -2.14. The summed E-state index contributed by atoms with van der Waals surface area (Å²) in [6, 6.07) is 14.6. The number of hydrogen-bond donors (Lipinski definition) is 1. The zero-order valence-electron chi connectivity index (χ0n) is 13.5. The number of likely N-dealkylation sites (tertiary alicyclic amines) is 1. The molecule has 0 bridgehead atoms. The van der Waals surface area contributed by atoms with Gasteiger partial charge in [-0.2, -0.15) is 5.10 Å². The third-order valence-corrected chi connectivity index (χ3v) is 5.30. The minimum Gasteiger partial charge on any atom is -0.392 e. The smallest absolute Gasteiger partial charge is 0.107 e. The molecule has 0 saturated carbocycles. The molecule has 1 saturated heterocycles. The molecule has 1 aliphatic heterocycles. The quantitative estimate of drug-likeness (QED) is 0.776.